The van der Waals surface area contributed by atoms with Gasteiger partial charge in [-0.3, -0.25) is 4.79 Å². The van der Waals surface area contributed by atoms with Crippen LogP contribution in [0.2, 0.25) is 5.02 Å². The number of anilines is 1. The van der Waals surface area contributed by atoms with Crippen LogP contribution in [-0.2, 0) is 14.8 Å². The zero-order valence-electron chi connectivity index (χ0n) is 17.6. The lowest BCUT2D eigenvalue weighted by atomic mass is 9.97. The molecule has 2 aromatic rings. The van der Waals surface area contributed by atoms with Crippen molar-refractivity contribution in [2.45, 2.75) is 45.4 Å². The number of aryl methyl sites for hydroxylation is 2. The van der Waals surface area contributed by atoms with E-state index >= 15 is 0 Å². The van der Waals surface area contributed by atoms with E-state index < -0.39 is 21.8 Å². The van der Waals surface area contributed by atoms with Gasteiger partial charge < -0.3 is 5.32 Å². The fourth-order valence-corrected chi connectivity index (χ4v) is 6.11. The molecule has 3 rings (SSSR count). The fourth-order valence-electron chi connectivity index (χ4n) is 3.89. The fraction of sp³-hybridized carbons (Fsp3) is 0.409. The Morgan fingerprint density at radius 1 is 1.10 bits per heavy atom. The molecule has 0 bridgehead atoms. The first-order valence-corrected chi connectivity index (χ1v) is 11.7. The number of amides is 1. The van der Waals surface area contributed by atoms with Gasteiger partial charge in [0, 0.05) is 19.0 Å². The molecule has 0 radical (unpaired) electrons. The highest BCUT2D eigenvalue weighted by molar-refractivity contribution is 7.89. The Hall–Kier alpha value is -1.96. The van der Waals surface area contributed by atoms with Crippen molar-refractivity contribution in [1.29, 1.82) is 0 Å². The Balaban J connectivity index is 1.74. The molecule has 1 amide bonds. The quantitative estimate of drug-likeness (QED) is 0.727. The number of nitrogens with zero attached hydrogens (tertiary/aromatic N) is 1. The monoisotopic (exact) mass is 452 g/mol. The van der Waals surface area contributed by atoms with Gasteiger partial charge in [0.15, 0.2) is 5.82 Å². The Kier molecular flexibility index (Phi) is 6.55. The van der Waals surface area contributed by atoms with Crippen molar-refractivity contribution in [1.82, 2.24) is 4.31 Å². The molecule has 5 nitrogen and oxygen atoms in total. The summed E-state index contributed by atoms with van der Waals surface area (Å²) in [5.74, 6) is -1.39. The second-order valence-corrected chi connectivity index (χ2v) is 10.1. The summed E-state index contributed by atoms with van der Waals surface area (Å²) in [6.45, 7) is 7.95. The molecule has 0 unspecified atom stereocenters. The molecule has 1 N–H and O–H groups in total. The Morgan fingerprint density at radius 2 is 1.67 bits per heavy atom. The molecule has 0 aliphatic carbocycles. The van der Waals surface area contributed by atoms with Gasteiger partial charge in [0.2, 0.25) is 15.9 Å². The zero-order chi connectivity index (χ0) is 22.2. The van der Waals surface area contributed by atoms with Crippen LogP contribution < -0.4 is 5.32 Å². The summed E-state index contributed by atoms with van der Waals surface area (Å²) in [5, 5.41) is 2.51. The average molecular weight is 453 g/mol. The number of rotatable bonds is 4. The standard InChI is InChI=1S/C22H26ClFN2O3S/c1-13-12-14(2)16(4)21(15(13)3)30(28,29)26-10-8-17(9-11-26)22(27)25-19-7-5-6-18(23)20(19)24/h5-7,12,17H,8-11H2,1-4H3,(H,25,27). The summed E-state index contributed by atoms with van der Waals surface area (Å²) >= 11 is 5.76. The van der Waals surface area contributed by atoms with Gasteiger partial charge in [-0.2, -0.15) is 4.31 Å². The van der Waals surface area contributed by atoms with Crippen molar-refractivity contribution in [3.8, 4) is 0 Å². The van der Waals surface area contributed by atoms with Crippen molar-refractivity contribution in [2.75, 3.05) is 18.4 Å². The molecule has 1 fully saturated rings. The third-order valence-electron chi connectivity index (χ3n) is 5.93. The number of hydrogen-bond acceptors (Lipinski definition) is 3. The van der Waals surface area contributed by atoms with E-state index in [4.69, 9.17) is 11.6 Å². The molecule has 0 aromatic heterocycles. The molecule has 30 heavy (non-hydrogen) atoms. The van der Waals surface area contributed by atoms with Gasteiger partial charge in [0.25, 0.3) is 0 Å². The molecule has 1 saturated heterocycles. The maximum Gasteiger partial charge on any atom is 0.243 e. The molecule has 8 heteroatoms. The first-order valence-electron chi connectivity index (χ1n) is 9.86. The maximum atomic E-state index is 14.0. The molecule has 0 spiro atoms. The molecule has 1 aliphatic heterocycles. The van der Waals surface area contributed by atoms with E-state index in [1.165, 1.54) is 16.4 Å². The summed E-state index contributed by atoms with van der Waals surface area (Å²) in [6.07, 6.45) is 0.742. The van der Waals surface area contributed by atoms with E-state index in [0.29, 0.717) is 17.7 Å². The number of hydrogen-bond donors (Lipinski definition) is 1. The van der Waals surface area contributed by atoms with E-state index in [1.807, 2.05) is 33.8 Å². The number of halogens is 2. The Bertz CT molecular complexity index is 1070. The number of benzene rings is 2. The van der Waals surface area contributed by atoms with Crippen molar-refractivity contribution in [3.63, 3.8) is 0 Å². The second-order valence-electron chi connectivity index (χ2n) is 7.86. The Morgan fingerprint density at radius 3 is 2.23 bits per heavy atom. The first kappa shape index (κ1) is 22.7. The van der Waals surface area contributed by atoms with Crippen LogP contribution in [0.4, 0.5) is 10.1 Å². The van der Waals surface area contributed by atoms with Gasteiger partial charge in [0.1, 0.15) is 0 Å². The summed E-state index contributed by atoms with van der Waals surface area (Å²) in [7, 11) is -3.66. The normalized spacial score (nSPS) is 15.9. The average Bonchev–Trinajstić information content (AvgIpc) is 2.70. The minimum absolute atomic E-state index is 0.0315. The predicted octanol–water partition coefficient (Wildman–Crippen LogP) is 4.75. The smallest absolute Gasteiger partial charge is 0.243 e. The lowest BCUT2D eigenvalue weighted by molar-refractivity contribution is -0.120. The van der Waals surface area contributed by atoms with Gasteiger partial charge in [-0.05, 0) is 74.9 Å². The van der Waals surface area contributed by atoms with Crippen molar-refractivity contribution < 1.29 is 17.6 Å². The Labute approximate surface area is 182 Å². The van der Waals surface area contributed by atoms with Crippen LogP contribution in [0.5, 0.6) is 0 Å². The molecule has 0 saturated carbocycles. The van der Waals surface area contributed by atoms with Crippen molar-refractivity contribution in [2.24, 2.45) is 5.92 Å². The van der Waals surface area contributed by atoms with Crippen LogP contribution in [0.3, 0.4) is 0 Å². The van der Waals surface area contributed by atoms with Gasteiger partial charge in [-0.1, -0.05) is 23.7 Å². The lowest BCUT2D eigenvalue weighted by Crippen LogP contribution is -2.42. The van der Waals surface area contributed by atoms with E-state index in [0.717, 1.165) is 22.3 Å². The van der Waals surface area contributed by atoms with E-state index in [1.54, 1.807) is 6.07 Å². The topological polar surface area (TPSA) is 66.5 Å². The van der Waals surface area contributed by atoms with Crippen LogP contribution in [0.1, 0.15) is 35.1 Å². The highest BCUT2D eigenvalue weighted by Gasteiger charge is 2.34. The molecular formula is C22H26ClFN2O3S. The highest BCUT2D eigenvalue weighted by atomic mass is 35.5. The van der Waals surface area contributed by atoms with Crippen molar-refractivity contribution in [3.05, 3.63) is 57.4 Å². The van der Waals surface area contributed by atoms with Crippen LogP contribution in [0, 0.1) is 39.4 Å². The van der Waals surface area contributed by atoms with Crippen LogP contribution in [0.25, 0.3) is 0 Å². The van der Waals surface area contributed by atoms with E-state index in [-0.39, 0.29) is 29.7 Å². The minimum Gasteiger partial charge on any atom is -0.323 e. The first-order chi connectivity index (χ1) is 14.0. The van der Waals surface area contributed by atoms with Crippen molar-refractivity contribution >= 4 is 33.2 Å². The molecule has 2 aromatic carbocycles. The van der Waals surface area contributed by atoms with Gasteiger partial charge in [-0.25, -0.2) is 12.8 Å². The molecular weight excluding hydrogens is 427 g/mol. The van der Waals surface area contributed by atoms with Crippen LogP contribution in [-0.4, -0.2) is 31.7 Å². The number of sulfonamides is 1. The molecule has 0 atom stereocenters. The lowest BCUT2D eigenvalue weighted by Gasteiger charge is -2.31. The summed E-state index contributed by atoms with van der Waals surface area (Å²) in [4.78, 5) is 12.9. The van der Waals surface area contributed by atoms with Gasteiger partial charge in [0.05, 0.1) is 15.6 Å². The maximum absolute atomic E-state index is 14.0. The van der Waals surface area contributed by atoms with Crippen LogP contribution >= 0.6 is 11.6 Å². The number of piperidine rings is 1. The number of nitrogens with one attached hydrogen (secondary N) is 1. The van der Waals surface area contributed by atoms with Crippen LogP contribution in [0.15, 0.2) is 29.2 Å². The van der Waals surface area contributed by atoms with Gasteiger partial charge >= 0.3 is 0 Å². The molecule has 162 valence electrons. The third-order valence-corrected chi connectivity index (χ3v) is 8.39. The minimum atomic E-state index is -3.66. The molecule has 1 heterocycles. The van der Waals surface area contributed by atoms with E-state index in [2.05, 4.69) is 5.32 Å². The largest absolute Gasteiger partial charge is 0.323 e. The summed E-state index contributed by atoms with van der Waals surface area (Å²) in [5.41, 5.74) is 3.43. The zero-order valence-corrected chi connectivity index (χ0v) is 19.1. The highest BCUT2D eigenvalue weighted by Crippen LogP contribution is 2.31. The predicted molar refractivity (Wildman–Crippen MR) is 117 cm³/mol. The number of carbonyl (C=O) groups is 1. The third kappa shape index (κ3) is 4.24. The van der Waals surface area contributed by atoms with E-state index in [9.17, 15) is 17.6 Å². The summed E-state index contributed by atoms with van der Waals surface area (Å²) < 4.78 is 42.2. The summed E-state index contributed by atoms with van der Waals surface area (Å²) in [6, 6.07) is 6.41. The number of carbonyl (C=O) groups excluding carboxylic acids is 1. The second kappa shape index (κ2) is 8.65. The van der Waals surface area contributed by atoms with Gasteiger partial charge in [-0.15, -0.1) is 0 Å². The molecule has 1 aliphatic rings. The SMILES string of the molecule is Cc1cc(C)c(C)c(S(=O)(=O)N2CCC(C(=O)Nc3cccc(Cl)c3F)CC2)c1C.